The Balaban J connectivity index is 2.53. The van der Waals surface area contributed by atoms with Gasteiger partial charge < -0.3 is 5.32 Å². The normalized spacial score (nSPS) is 20.8. The highest BCUT2D eigenvalue weighted by atomic mass is 32.2. The van der Waals surface area contributed by atoms with Gasteiger partial charge in [0.2, 0.25) is 15.9 Å². The number of primary sulfonamides is 1. The molecule has 0 aromatic heterocycles. The maximum absolute atomic E-state index is 11.5. The molecule has 1 heterocycles. The second-order valence-electron chi connectivity index (χ2n) is 3.72. The first-order valence-corrected chi connectivity index (χ1v) is 6.44. The van der Waals surface area contributed by atoms with Gasteiger partial charge in [0, 0.05) is 6.54 Å². The third kappa shape index (κ3) is 1.94. The van der Waals surface area contributed by atoms with Crippen LogP contribution < -0.4 is 10.5 Å². The van der Waals surface area contributed by atoms with Crippen LogP contribution in [0, 0.1) is 0 Å². The third-order valence-corrected chi connectivity index (χ3v) is 3.63. The number of hydrogen-bond donors (Lipinski definition) is 2. The summed E-state index contributed by atoms with van der Waals surface area (Å²) in [6, 6.07) is 6.36. The number of carbonyl (C=O) groups excluding carboxylic acids is 1. The van der Waals surface area contributed by atoms with Crippen LogP contribution in [0.1, 0.15) is 17.9 Å². The van der Waals surface area contributed by atoms with Gasteiger partial charge in [-0.05, 0) is 18.1 Å². The number of benzene rings is 1. The van der Waals surface area contributed by atoms with Gasteiger partial charge in [-0.1, -0.05) is 18.2 Å². The Morgan fingerprint density at radius 1 is 1.31 bits per heavy atom. The predicted octanol–water partition coefficient (Wildman–Crippen LogP) is -0.0625. The summed E-state index contributed by atoms with van der Waals surface area (Å²) >= 11 is 0. The van der Waals surface area contributed by atoms with E-state index in [4.69, 9.17) is 5.14 Å². The molecule has 1 fully saturated rings. The molecule has 86 valence electrons. The van der Waals surface area contributed by atoms with Crippen LogP contribution in [0.15, 0.2) is 29.2 Å². The second kappa shape index (κ2) is 3.88. The van der Waals surface area contributed by atoms with E-state index in [-0.39, 0.29) is 10.8 Å². The summed E-state index contributed by atoms with van der Waals surface area (Å²) < 4.78 is 22.7. The van der Waals surface area contributed by atoms with Crippen LogP contribution in [-0.2, 0) is 14.8 Å². The van der Waals surface area contributed by atoms with Gasteiger partial charge in [-0.25, -0.2) is 13.6 Å². The summed E-state index contributed by atoms with van der Waals surface area (Å²) in [7, 11) is -3.77. The van der Waals surface area contributed by atoms with Crippen LogP contribution in [0.25, 0.3) is 0 Å². The Kier molecular flexibility index (Phi) is 2.69. The highest BCUT2D eigenvalue weighted by Crippen LogP contribution is 2.28. The largest absolute Gasteiger partial charge is 0.356 e. The van der Waals surface area contributed by atoms with Gasteiger partial charge >= 0.3 is 0 Å². The highest BCUT2D eigenvalue weighted by molar-refractivity contribution is 7.89. The van der Waals surface area contributed by atoms with E-state index in [9.17, 15) is 13.2 Å². The van der Waals surface area contributed by atoms with Crippen LogP contribution in [0.2, 0.25) is 0 Å². The maximum atomic E-state index is 11.5. The van der Waals surface area contributed by atoms with Gasteiger partial charge in [0.15, 0.2) is 0 Å². The SMILES string of the molecule is NS(=O)(=O)c1ccccc1C1CCNC1=O. The predicted molar refractivity (Wildman–Crippen MR) is 58.2 cm³/mol. The van der Waals surface area contributed by atoms with E-state index in [0.29, 0.717) is 18.5 Å². The molecule has 0 radical (unpaired) electrons. The summed E-state index contributed by atoms with van der Waals surface area (Å²) in [5.74, 6) is -0.550. The Hall–Kier alpha value is -1.40. The van der Waals surface area contributed by atoms with E-state index in [0.717, 1.165) is 0 Å². The molecule has 1 atom stereocenters. The summed E-state index contributed by atoms with van der Waals surface area (Å²) in [5, 5.41) is 7.78. The fourth-order valence-corrected chi connectivity index (χ4v) is 2.73. The number of sulfonamides is 1. The first kappa shape index (κ1) is 11.1. The quantitative estimate of drug-likeness (QED) is 0.758. The number of nitrogens with one attached hydrogen (secondary N) is 1. The van der Waals surface area contributed by atoms with Crippen molar-refractivity contribution in [2.75, 3.05) is 6.54 Å². The number of carbonyl (C=O) groups is 1. The summed E-state index contributed by atoms with van der Waals surface area (Å²) in [6.07, 6.45) is 0.603. The van der Waals surface area contributed by atoms with Crippen molar-refractivity contribution in [1.82, 2.24) is 5.32 Å². The Labute approximate surface area is 93.7 Å². The van der Waals surface area contributed by atoms with Crippen LogP contribution in [0.5, 0.6) is 0 Å². The van der Waals surface area contributed by atoms with E-state index < -0.39 is 15.9 Å². The van der Waals surface area contributed by atoms with Crippen LogP contribution >= 0.6 is 0 Å². The molecule has 16 heavy (non-hydrogen) atoms. The summed E-state index contributed by atoms with van der Waals surface area (Å²) in [5.41, 5.74) is 0.486. The Bertz CT molecular complexity index is 525. The molecule has 2 rings (SSSR count). The number of nitrogens with two attached hydrogens (primary N) is 1. The minimum Gasteiger partial charge on any atom is -0.356 e. The smallest absolute Gasteiger partial charge is 0.238 e. The molecule has 1 unspecified atom stereocenters. The average molecular weight is 240 g/mol. The van der Waals surface area contributed by atoms with Gasteiger partial charge in [-0.2, -0.15) is 0 Å². The molecule has 0 spiro atoms. The highest BCUT2D eigenvalue weighted by Gasteiger charge is 2.29. The van der Waals surface area contributed by atoms with Gasteiger partial charge in [0.05, 0.1) is 10.8 Å². The number of amides is 1. The monoisotopic (exact) mass is 240 g/mol. The van der Waals surface area contributed by atoms with Crippen molar-refractivity contribution in [1.29, 1.82) is 0 Å². The molecule has 0 bridgehead atoms. The lowest BCUT2D eigenvalue weighted by Crippen LogP contribution is -2.21. The van der Waals surface area contributed by atoms with Crippen molar-refractivity contribution < 1.29 is 13.2 Å². The van der Waals surface area contributed by atoms with E-state index in [1.807, 2.05) is 0 Å². The van der Waals surface area contributed by atoms with Gasteiger partial charge in [-0.15, -0.1) is 0 Å². The Morgan fingerprint density at radius 3 is 2.56 bits per heavy atom. The molecule has 3 N–H and O–H groups in total. The van der Waals surface area contributed by atoms with Crippen LogP contribution in [0.3, 0.4) is 0 Å². The minimum atomic E-state index is -3.77. The van der Waals surface area contributed by atoms with Crippen molar-refractivity contribution in [3.05, 3.63) is 29.8 Å². The molecular formula is C10H12N2O3S. The zero-order valence-corrected chi connectivity index (χ0v) is 9.33. The molecule has 5 nitrogen and oxygen atoms in total. The fraction of sp³-hybridized carbons (Fsp3) is 0.300. The van der Waals surface area contributed by atoms with Crippen molar-refractivity contribution in [2.45, 2.75) is 17.2 Å². The topological polar surface area (TPSA) is 89.3 Å². The molecule has 1 aromatic rings. The maximum Gasteiger partial charge on any atom is 0.238 e. The molecule has 1 aromatic carbocycles. The van der Waals surface area contributed by atoms with Crippen molar-refractivity contribution >= 4 is 15.9 Å². The molecular weight excluding hydrogens is 228 g/mol. The standard InChI is InChI=1S/C10H12N2O3S/c11-16(14,15)9-4-2-1-3-7(9)8-5-6-12-10(8)13/h1-4,8H,5-6H2,(H,12,13)(H2,11,14,15). The van der Waals surface area contributed by atoms with E-state index in [2.05, 4.69) is 5.32 Å². The number of hydrogen-bond acceptors (Lipinski definition) is 3. The van der Waals surface area contributed by atoms with Crippen LogP contribution in [0.4, 0.5) is 0 Å². The molecule has 0 aliphatic carbocycles. The fourth-order valence-electron chi connectivity index (χ4n) is 1.92. The van der Waals surface area contributed by atoms with Gasteiger partial charge in [-0.3, -0.25) is 4.79 Å². The average Bonchev–Trinajstić information content (AvgIpc) is 2.63. The molecule has 0 saturated carbocycles. The third-order valence-electron chi connectivity index (χ3n) is 2.65. The number of rotatable bonds is 2. The zero-order valence-electron chi connectivity index (χ0n) is 8.51. The zero-order chi connectivity index (χ0) is 11.8. The van der Waals surface area contributed by atoms with Crippen molar-refractivity contribution in [3.63, 3.8) is 0 Å². The van der Waals surface area contributed by atoms with E-state index in [1.165, 1.54) is 6.07 Å². The molecule has 6 heteroatoms. The van der Waals surface area contributed by atoms with Gasteiger partial charge in [0.25, 0.3) is 0 Å². The lowest BCUT2D eigenvalue weighted by atomic mass is 9.98. The van der Waals surface area contributed by atoms with Crippen molar-refractivity contribution in [2.24, 2.45) is 5.14 Å². The molecule has 1 aliphatic rings. The molecule has 1 amide bonds. The first-order valence-electron chi connectivity index (χ1n) is 4.89. The van der Waals surface area contributed by atoms with E-state index in [1.54, 1.807) is 18.2 Å². The van der Waals surface area contributed by atoms with Crippen LogP contribution in [-0.4, -0.2) is 20.9 Å². The Morgan fingerprint density at radius 2 is 2.00 bits per heavy atom. The summed E-state index contributed by atoms with van der Waals surface area (Å²) in [6.45, 7) is 0.572. The lowest BCUT2D eigenvalue weighted by molar-refractivity contribution is -0.120. The lowest BCUT2D eigenvalue weighted by Gasteiger charge is -2.11. The second-order valence-corrected chi connectivity index (χ2v) is 5.24. The summed E-state index contributed by atoms with van der Waals surface area (Å²) in [4.78, 5) is 11.5. The molecule has 1 aliphatic heterocycles. The van der Waals surface area contributed by atoms with Gasteiger partial charge in [0.1, 0.15) is 0 Å². The minimum absolute atomic E-state index is 0.0389. The van der Waals surface area contributed by atoms with Crippen molar-refractivity contribution in [3.8, 4) is 0 Å². The van der Waals surface area contributed by atoms with E-state index >= 15 is 0 Å². The first-order chi connectivity index (χ1) is 7.50. The molecule has 1 saturated heterocycles.